The van der Waals surface area contributed by atoms with Gasteiger partial charge >= 0.3 is 0 Å². The fraction of sp³-hybridized carbons (Fsp3) is 0.385. The van der Waals surface area contributed by atoms with Crippen molar-refractivity contribution in [3.05, 3.63) is 59.2 Å². The highest BCUT2D eigenvalue weighted by atomic mass is 16.5. The van der Waals surface area contributed by atoms with Crippen molar-refractivity contribution in [2.75, 3.05) is 34.5 Å². The third kappa shape index (κ3) is 5.17. The number of likely N-dealkylation sites (tertiary alicyclic amines) is 1. The van der Waals surface area contributed by atoms with Crippen LogP contribution < -0.4 is 14.2 Å². The van der Waals surface area contributed by atoms with Gasteiger partial charge in [-0.05, 0) is 62.2 Å². The molecule has 1 unspecified atom stereocenters. The molecular formula is C26H31NO7. The van der Waals surface area contributed by atoms with E-state index in [1.54, 1.807) is 49.6 Å². The van der Waals surface area contributed by atoms with E-state index in [0.29, 0.717) is 41.4 Å². The summed E-state index contributed by atoms with van der Waals surface area (Å²) in [5, 5.41) is 11.2. The van der Waals surface area contributed by atoms with Crippen LogP contribution in [0.25, 0.3) is 5.76 Å². The first-order chi connectivity index (χ1) is 16.3. The molecule has 1 saturated heterocycles. The van der Waals surface area contributed by atoms with Crippen LogP contribution in [0, 0.1) is 0 Å². The Morgan fingerprint density at radius 2 is 1.65 bits per heavy atom. The number of Topliss-reactive ketones (excluding diaryl/α,β-unsaturated/α-hetero) is 1. The molecule has 1 aliphatic heterocycles. The van der Waals surface area contributed by atoms with Crippen LogP contribution in [0.15, 0.2) is 48.0 Å². The highest BCUT2D eigenvalue weighted by Gasteiger charge is 2.46. The lowest BCUT2D eigenvalue weighted by Gasteiger charge is -2.26. The molecular weight excluding hydrogens is 438 g/mol. The molecule has 0 saturated carbocycles. The third-order valence-corrected chi connectivity index (χ3v) is 5.62. The van der Waals surface area contributed by atoms with Crippen molar-refractivity contribution in [1.29, 1.82) is 0 Å². The van der Waals surface area contributed by atoms with Crippen LogP contribution in [0.2, 0.25) is 0 Å². The minimum absolute atomic E-state index is 0.0205. The number of nitrogens with zero attached hydrogens (tertiary/aromatic N) is 1. The number of ether oxygens (including phenoxy) is 4. The Labute approximate surface area is 199 Å². The quantitative estimate of drug-likeness (QED) is 0.244. The Bertz CT molecular complexity index is 1060. The number of hydrogen-bond donors (Lipinski definition) is 1. The molecule has 1 heterocycles. The lowest BCUT2D eigenvalue weighted by molar-refractivity contribution is -0.140. The van der Waals surface area contributed by atoms with E-state index in [0.717, 1.165) is 0 Å². The van der Waals surface area contributed by atoms with Crippen molar-refractivity contribution in [2.45, 2.75) is 32.4 Å². The standard InChI is InChI=1S/C26H31NO7/c1-16(2)34-14-6-13-27-23(18-9-12-20(32-4)21(15-18)33-5)22(25(29)26(27)30)24(28)17-7-10-19(31-3)11-8-17/h7-12,15-16,23,28H,6,13-14H2,1-5H3/b24-22-. The van der Waals surface area contributed by atoms with Crippen LogP contribution in [0.1, 0.15) is 37.4 Å². The van der Waals surface area contributed by atoms with E-state index in [1.807, 2.05) is 13.8 Å². The van der Waals surface area contributed by atoms with Gasteiger partial charge in [0.05, 0.1) is 39.0 Å². The Balaban J connectivity index is 2.08. The summed E-state index contributed by atoms with van der Waals surface area (Å²) >= 11 is 0. The van der Waals surface area contributed by atoms with Crippen molar-refractivity contribution in [2.24, 2.45) is 0 Å². The van der Waals surface area contributed by atoms with Gasteiger partial charge in [0.25, 0.3) is 11.7 Å². The Morgan fingerprint density at radius 3 is 2.24 bits per heavy atom. The smallest absolute Gasteiger partial charge is 0.295 e. The number of benzene rings is 2. The van der Waals surface area contributed by atoms with Crippen LogP contribution in [0.3, 0.4) is 0 Å². The average Bonchev–Trinajstić information content (AvgIpc) is 3.10. The van der Waals surface area contributed by atoms with Crippen LogP contribution in [-0.4, -0.2) is 62.3 Å². The van der Waals surface area contributed by atoms with E-state index in [9.17, 15) is 14.7 Å². The Hall–Kier alpha value is -3.52. The van der Waals surface area contributed by atoms with Crippen LogP contribution in [0.4, 0.5) is 0 Å². The van der Waals surface area contributed by atoms with Gasteiger partial charge in [0.1, 0.15) is 11.5 Å². The summed E-state index contributed by atoms with van der Waals surface area (Å²) in [7, 11) is 4.58. The molecule has 2 aromatic carbocycles. The highest BCUT2D eigenvalue weighted by Crippen LogP contribution is 2.42. The molecule has 0 radical (unpaired) electrons. The predicted octanol–water partition coefficient (Wildman–Crippen LogP) is 3.95. The lowest BCUT2D eigenvalue weighted by Crippen LogP contribution is -2.31. The molecule has 0 spiro atoms. The molecule has 1 amide bonds. The summed E-state index contributed by atoms with van der Waals surface area (Å²) in [6.45, 7) is 4.60. The minimum Gasteiger partial charge on any atom is -0.507 e. The zero-order valence-corrected chi connectivity index (χ0v) is 20.2. The van der Waals surface area contributed by atoms with E-state index in [4.69, 9.17) is 18.9 Å². The van der Waals surface area contributed by atoms with Gasteiger partial charge in [-0.25, -0.2) is 0 Å². The number of hydrogen-bond acceptors (Lipinski definition) is 7. The fourth-order valence-electron chi connectivity index (χ4n) is 3.94. The molecule has 8 heteroatoms. The zero-order valence-electron chi connectivity index (χ0n) is 20.2. The molecule has 8 nitrogen and oxygen atoms in total. The van der Waals surface area contributed by atoms with Crippen molar-refractivity contribution in [1.82, 2.24) is 4.90 Å². The Morgan fingerprint density at radius 1 is 0.971 bits per heavy atom. The minimum atomic E-state index is -0.791. The van der Waals surface area contributed by atoms with E-state index in [1.165, 1.54) is 19.1 Å². The second-order valence-electron chi connectivity index (χ2n) is 8.11. The molecule has 1 fully saturated rings. The maximum Gasteiger partial charge on any atom is 0.295 e. The summed E-state index contributed by atoms with van der Waals surface area (Å²) in [5.74, 6) is -0.0700. The van der Waals surface area contributed by atoms with Gasteiger partial charge in [0.2, 0.25) is 0 Å². The van der Waals surface area contributed by atoms with Gasteiger partial charge in [-0.15, -0.1) is 0 Å². The van der Waals surface area contributed by atoms with Crippen molar-refractivity contribution in [3.8, 4) is 17.2 Å². The molecule has 1 atom stereocenters. The third-order valence-electron chi connectivity index (χ3n) is 5.62. The van der Waals surface area contributed by atoms with Crippen LogP contribution >= 0.6 is 0 Å². The van der Waals surface area contributed by atoms with E-state index < -0.39 is 17.7 Å². The first-order valence-corrected chi connectivity index (χ1v) is 11.1. The predicted molar refractivity (Wildman–Crippen MR) is 127 cm³/mol. The van der Waals surface area contributed by atoms with Crippen molar-refractivity contribution in [3.63, 3.8) is 0 Å². The molecule has 34 heavy (non-hydrogen) atoms. The maximum absolute atomic E-state index is 13.1. The van der Waals surface area contributed by atoms with E-state index in [2.05, 4.69) is 0 Å². The summed E-state index contributed by atoms with van der Waals surface area (Å²) in [4.78, 5) is 27.7. The summed E-state index contributed by atoms with van der Waals surface area (Å²) in [5.41, 5.74) is 1.05. The lowest BCUT2D eigenvalue weighted by atomic mass is 9.95. The second kappa shape index (κ2) is 11.1. The number of aliphatic hydroxyl groups is 1. The van der Waals surface area contributed by atoms with Gasteiger partial charge < -0.3 is 29.0 Å². The molecule has 1 N–H and O–H groups in total. The Kier molecular flexibility index (Phi) is 8.17. The molecule has 182 valence electrons. The van der Waals surface area contributed by atoms with Crippen LogP contribution in [-0.2, 0) is 14.3 Å². The second-order valence-corrected chi connectivity index (χ2v) is 8.11. The monoisotopic (exact) mass is 469 g/mol. The molecule has 0 aromatic heterocycles. The highest BCUT2D eigenvalue weighted by molar-refractivity contribution is 6.46. The van der Waals surface area contributed by atoms with Crippen LogP contribution in [0.5, 0.6) is 17.2 Å². The summed E-state index contributed by atoms with van der Waals surface area (Å²) in [6.07, 6.45) is 0.601. The average molecular weight is 470 g/mol. The molecule has 2 aromatic rings. The maximum atomic E-state index is 13.1. The zero-order chi connectivity index (χ0) is 24.8. The molecule has 3 rings (SSSR count). The molecule has 1 aliphatic rings. The molecule has 0 bridgehead atoms. The number of carbonyl (C=O) groups is 2. The van der Waals surface area contributed by atoms with E-state index >= 15 is 0 Å². The topological polar surface area (TPSA) is 94.5 Å². The normalized spacial score (nSPS) is 17.4. The SMILES string of the molecule is COc1ccc(/C(O)=C2/C(=O)C(=O)N(CCCOC(C)C)C2c2ccc(OC)c(OC)c2)cc1. The number of methoxy groups -OCH3 is 3. The van der Waals surface area contributed by atoms with Gasteiger partial charge in [0.15, 0.2) is 11.5 Å². The van der Waals surface area contributed by atoms with Crippen molar-refractivity contribution >= 4 is 17.4 Å². The van der Waals surface area contributed by atoms with E-state index in [-0.39, 0.29) is 24.0 Å². The van der Waals surface area contributed by atoms with Gasteiger partial charge in [-0.3, -0.25) is 9.59 Å². The van der Waals surface area contributed by atoms with Gasteiger partial charge in [-0.1, -0.05) is 6.07 Å². The first kappa shape index (κ1) is 25.1. The number of aliphatic hydroxyl groups excluding tert-OH is 1. The number of carbonyl (C=O) groups excluding carboxylic acids is 2. The number of amides is 1. The number of rotatable bonds is 10. The largest absolute Gasteiger partial charge is 0.507 e. The van der Waals surface area contributed by atoms with Gasteiger partial charge in [-0.2, -0.15) is 0 Å². The number of ketones is 1. The van der Waals surface area contributed by atoms with Crippen molar-refractivity contribution < 1.29 is 33.6 Å². The molecule has 0 aliphatic carbocycles. The first-order valence-electron chi connectivity index (χ1n) is 11.1. The van der Waals surface area contributed by atoms with Gasteiger partial charge in [0, 0.05) is 18.7 Å². The summed E-state index contributed by atoms with van der Waals surface area (Å²) < 4.78 is 21.5. The fourth-order valence-corrected chi connectivity index (χ4v) is 3.94. The summed E-state index contributed by atoms with van der Waals surface area (Å²) in [6, 6.07) is 11.0.